The molecular weight excluding hydrogens is 976 g/mol. The molecule has 0 unspecified atom stereocenters. The molecule has 1 N–H and O–H groups in total. The number of aromatic nitrogens is 3. The lowest BCUT2D eigenvalue weighted by molar-refractivity contribution is -0.156. The second-order valence-corrected chi connectivity index (χ2v) is 22.5. The van der Waals surface area contributed by atoms with Crippen LogP contribution in [0.3, 0.4) is 0 Å². The minimum absolute atomic E-state index is 0.0446. The van der Waals surface area contributed by atoms with E-state index in [-0.39, 0.29) is 62.5 Å². The fourth-order valence-corrected chi connectivity index (χ4v) is 11.9. The maximum Gasteiger partial charge on any atom is 0.406 e. The summed E-state index contributed by atoms with van der Waals surface area (Å²) >= 11 is 1.33. The molecule has 400 valence electrons. The fourth-order valence-electron chi connectivity index (χ4n) is 11.1. The first-order valence-electron chi connectivity index (χ1n) is 25.6. The lowest BCUT2D eigenvalue weighted by atomic mass is 9.84. The van der Waals surface area contributed by atoms with E-state index in [0.29, 0.717) is 88.6 Å². The number of alkyl halides is 3. The van der Waals surface area contributed by atoms with Crippen molar-refractivity contribution in [2.45, 2.75) is 104 Å². The minimum Gasteiger partial charge on any atom is -0.464 e. The van der Waals surface area contributed by atoms with Crippen molar-refractivity contribution in [3.63, 3.8) is 0 Å². The number of amides is 3. The van der Waals surface area contributed by atoms with E-state index < -0.39 is 60.0 Å². The first-order valence-corrected chi connectivity index (χ1v) is 26.5. The number of nitrogens with one attached hydrogen (secondary N) is 1. The Balaban J connectivity index is 1.22. The average molecular weight is 1050 g/mol. The summed E-state index contributed by atoms with van der Waals surface area (Å²) in [4.78, 5) is 87.1. The van der Waals surface area contributed by atoms with Crippen LogP contribution in [0.25, 0.3) is 32.7 Å². The summed E-state index contributed by atoms with van der Waals surface area (Å²) in [6.07, 6.45) is -0.918. The number of cyclic esters (lactones) is 1. The number of hydrogen-bond acceptors (Lipinski definition) is 13. The van der Waals surface area contributed by atoms with Crippen molar-refractivity contribution in [2.24, 2.45) is 23.2 Å². The van der Waals surface area contributed by atoms with E-state index in [4.69, 9.17) is 19.4 Å². The monoisotopic (exact) mass is 1050 g/mol. The Bertz CT molecular complexity index is 2770. The number of pyridine rings is 1. The minimum atomic E-state index is -4.62. The summed E-state index contributed by atoms with van der Waals surface area (Å²) in [5.41, 5.74) is 6.55. The van der Waals surface area contributed by atoms with Gasteiger partial charge in [0.05, 0.1) is 59.6 Å². The zero-order chi connectivity index (χ0) is 53.4. The predicted molar refractivity (Wildman–Crippen MR) is 277 cm³/mol. The van der Waals surface area contributed by atoms with Crippen molar-refractivity contribution in [2.75, 3.05) is 78.5 Å². The van der Waals surface area contributed by atoms with Gasteiger partial charge >= 0.3 is 12.1 Å². The Labute approximate surface area is 435 Å². The van der Waals surface area contributed by atoms with Crippen LogP contribution >= 0.6 is 11.3 Å². The van der Waals surface area contributed by atoms with Gasteiger partial charge < -0.3 is 33.6 Å². The van der Waals surface area contributed by atoms with Crippen LogP contribution in [0.15, 0.2) is 48.5 Å². The second-order valence-electron chi connectivity index (χ2n) is 21.6. The van der Waals surface area contributed by atoms with Gasteiger partial charge in [0.2, 0.25) is 17.7 Å². The van der Waals surface area contributed by atoms with Crippen molar-refractivity contribution in [3.8, 4) is 21.8 Å². The molecule has 7 heterocycles. The number of anilines is 1. The largest absolute Gasteiger partial charge is 0.464 e. The molecule has 0 spiro atoms. The number of fused-ring (bicyclic) bond motifs is 6. The number of nitrogens with zero attached hydrogens (tertiary/aromatic N) is 8. The molecule has 6 bridgehead atoms. The van der Waals surface area contributed by atoms with Crippen LogP contribution in [0.1, 0.15) is 83.4 Å². The molecule has 3 saturated heterocycles. The molecule has 20 heteroatoms. The number of carbonyl (C=O) groups is 5. The fraction of sp³-hybridized carbons (Fsp3) is 0.574. The van der Waals surface area contributed by atoms with E-state index in [1.165, 1.54) is 31.9 Å². The molecule has 5 atom stereocenters. The van der Waals surface area contributed by atoms with Crippen molar-refractivity contribution < 1.29 is 46.6 Å². The van der Waals surface area contributed by atoms with Gasteiger partial charge in [-0.05, 0) is 81.5 Å². The van der Waals surface area contributed by atoms with Crippen LogP contribution in [-0.2, 0) is 52.8 Å². The van der Waals surface area contributed by atoms with E-state index in [1.807, 2.05) is 52.1 Å². The summed E-state index contributed by atoms with van der Waals surface area (Å²) in [5.74, 6) is -3.61. The number of likely N-dealkylation sites (N-methyl/N-ethyl adjacent to an activating group) is 2. The summed E-state index contributed by atoms with van der Waals surface area (Å²) in [5, 5.41) is 4.36. The van der Waals surface area contributed by atoms with Crippen LogP contribution < -0.4 is 10.3 Å². The van der Waals surface area contributed by atoms with Gasteiger partial charge in [-0.2, -0.15) is 13.2 Å². The number of benzene rings is 1. The number of Topliss-reactive ketones (excluding diaryl/α,β-unsaturated/α-hetero) is 1. The molecule has 3 amide bonds. The second kappa shape index (κ2) is 22.3. The topological polar surface area (TPSA) is 163 Å². The van der Waals surface area contributed by atoms with Crippen LogP contribution in [0.2, 0.25) is 0 Å². The van der Waals surface area contributed by atoms with Gasteiger partial charge in [-0.1, -0.05) is 34.3 Å². The highest BCUT2D eigenvalue weighted by Crippen LogP contribution is 2.44. The first kappa shape index (κ1) is 54.6. The number of thiazole rings is 1. The predicted octanol–water partition coefficient (Wildman–Crippen LogP) is 7.10. The average Bonchev–Trinajstić information content (AvgIpc) is 4.12. The zero-order valence-corrected chi connectivity index (χ0v) is 44.6. The zero-order valence-electron chi connectivity index (χ0n) is 43.8. The Morgan fingerprint density at radius 1 is 1.07 bits per heavy atom. The molecule has 1 aromatic carbocycles. The molecule has 4 aliphatic rings. The number of hydrogen-bond donors (Lipinski definition) is 1. The van der Waals surface area contributed by atoms with E-state index in [1.54, 1.807) is 37.4 Å². The van der Waals surface area contributed by atoms with Gasteiger partial charge in [0.15, 0.2) is 5.78 Å². The maximum absolute atomic E-state index is 15.0. The third-order valence-electron chi connectivity index (χ3n) is 15.1. The molecule has 0 radical (unpaired) electrons. The maximum atomic E-state index is 15.0. The van der Waals surface area contributed by atoms with Gasteiger partial charge in [-0.25, -0.2) is 10.4 Å². The summed E-state index contributed by atoms with van der Waals surface area (Å²) < 4.78 is 58.4. The number of likely N-dealkylation sites (tertiary alicyclic amines) is 1. The number of esters is 1. The van der Waals surface area contributed by atoms with E-state index in [0.717, 1.165) is 18.8 Å². The summed E-state index contributed by atoms with van der Waals surface area (Å²) in [6, 6.07) is 5.48. The number of hydrazine groups is 1. The number of methoxy groups -OCH3 is 1. The molecule has 0 saturated carbocycles. The van der Waals surface area contributed by atoms with Gasteiger partial charge in [-0.3, -0.25) is 34.0 Å². The van der Waals surface area contributed by atoms with Crippen LogP contribution in [0, 0.1) is 23.2 Å². The van der Waals surface area contributed by atoms with Crippen LogP contribution in [-0.4, -0.2) is 156 Å². The number of carbonyl (C=O) groups excluding carboxylic acids is 5. The smallest absolute Gasteiger partial charge is 0.406 e. The Morgan fingerprint density at radius 3 is 2.50 bits per heavy atom. The van der Waals surface area contributed by atoms with Gasteiger partial charge in [-0.15, -0.1) is 11.3 Å². The Hall–Kier alpha value is -5.70. The Kier molecular flexibility index (Phi) is 16.4. The summed E-state index contributed by atoms with van der Waals surface area (Å²) in [7, 11) is 5.19. The lowest BCUT2D eigenvalue weighted by Gasteiger charge is -2.36. The van der Waals surface area contributed by atoms with Crippen molar-refractivity contribution in [3.05, 3.63) is 65.4 Å². The normalized spacial score (nSPS) is 21.9. The SMILES string of the molecule is C=CC(=O)N1CC[C@H](C(=O)N(C)[C@H](C(=O)C[C@H]2Cc3csc(n3)-c3ccc4c(c3)c(c(-c3cc(N5CCN(C)CC5)cnc3[C@H](C)OC)n4CC(F)(F)F)CC(C)(C)COC(=O)[C@@H]3CCCN(N3)C2=O)C(C)C)C1. The standard InChI is InChI=1S/C54H70F3N9O7S/c1-10-45(68)64-17-15-35(28-64)50(69)62(8)47(32(2)3)44(67)24-36-22-37-29-74-49(59-37)34-13-14-43-39(23-34)41(26-53(5,6)31-73-52(71)42-12-11-16-66(60-42)51(36)70)48(65(43)30-54(55,56)57)40-25-38(27-58-46(40)33(4)72-9)63-20-18-61(7)19-21-63/h10,13-14,23,25,27,29,32-33,35-36,42,47,60H,1,11-12,15-22,24,26,28,30-31H2,2-9H3/t33-,35-,36+,42-,47-/m0/s1. The third-order valence-corrected chi connectivity index (χ3v) is 16.0. The van der Waals surface area contributed by atoms with Crippen LogP contribution in [0.5, 0.6) is 0 Å². The van der Waals surface area contributed by atoms with E-state index in [9.17, 15) is 24.0 Å². The number of piperazine rings is 1. The molecule has 8 rings (SSSR count). The quantitative estimate of drug-likeness (QED) is 0.113. The molecular formula is C54H70F3N9O7S. The van der Waals surface area contributed by atoms with Crippen molar-refractivity contribution in [1.29, 1.82) is 0 Å². The first-order chi connectivity index (χ1) is 35.1. The molecule has 4 aliphatic heterocycles. The molecule has 74 heavy (non-hydrogen) atoms. The number of rotatable bonds is 12. The summed E-state index contributed by atoms with van der Waals surface area (Å²) in [6.45, 7) is 15.5. The molecule has 4 aromatic rings. The number of ether oxygens (including phenoxy) is 2. The molecule has 0 aliphatic carbocycles. The van der Waals surface area contributed by atoms with Crippen LogP contribution in [0.4, 0.5) is 18.9 Å². The van der Waals surface area contributed by atoms with E-state index in [2.05, 4.69) is 28.9 Å². The number of ketones is 1. The molecule has 3 aromatic heterocycles. The van der Waals surface area contributed by atoms with Crippen molar-refractivity contribution >= 4 is 57.4 Å². The molecule has 16 nitrogen and oxygen atoms in total. The highest BCUT2D eigenvalue weighted by molar-refractivity contribution is 7.13. The van der Waals surface area contributed by atoms with Gasteiger partial charge in [0.25, 0.3) is 0 Å². The highest BCUT2D eigenvalue weighted by Gasteiger charge is 2.41. The van der Waals surface area contributed by atoms with Gasteiger partial charge in [0, 0.05) is 106 Å². The highest BCUT2D eigenvalue weighted by atomic mass is 32.1. The lowest BCUT2D eigenvalue weighted by Crippen LogP contribution is -2.57. The molecule has 3 fully saturated rings. The van der Waals surface area contributed by atoms with E-state index >= 15 is 13.2 Å². The van der Waals surface area contributed by atoms with Crippen molar-refractivity contribution in [1.82, 2.24) is 39.7 Å². The van der Waals surface area contributed by atoms with Gasteiger partial charge in [0.1, 0.15) is 17.6 Å². The number of halogens is 3. The Morgan fingerprint density at radius 2 is 1.81 bits per heavy atom. The third kappa shape index (κ3) is 11.9.